The third kappa shape index (κ3) is 3.85. The average Bonchev–Trinajstić information content (AvgIpc) is 3.17. The van der Waals surface area contributed by atoms with E-state index in [-0.39, 0.29) is 0 Å². The molecule has 4 aromatic rings. The van der Waals surface area contributed by atoms with E-state index >= 15 is 0 Å². The number of nitrogens with zero attached hydrogens (tertiary/aromatic N) is 4. The van der Waals surface area contributed by atoms with Gasteiger partial charge in [0.25, 0.3) is 0 Å². The summed E-state index contributed by atoms with van der Waals surface area (Å²) < 4.78 is 1.75. The van der Waals surface area contributed by atoms with Crippen LogP contribution in [0.1, 0.15) is 29.9 Å². The number of nitrogens with two attached hydrogens (primary N) is 1. The number of hydrogen-bond acceptors (Lipinski definition) is 5. The fraction of sp³-hybridized carbons (Fsp3) is 0.182. The van der Waals surface area contributed by atoms with Crippen LogP contribution in [0.5, 0.6) is 0 Å². The number of carbonyl (C=O) groups is 1. The molecule has 3 aromatic heterocycles. The van der Waals surface area contributed by atoms with Gasteiger partial charge in [0.2, 0.25) is 0 Å². The number of rotatable bonds is 5. The van der Waals surface area contributed by atoms with Crippen LogP contribution in [0.15, 0.2) is 54.7 Å². The van der Waals surface area contributed by atoms with Crippen molar-refractivity contribution in [3.63, 3.8) is 0 Å². The minimum absolute atomic E-state index is 0.355. The van der Waals surface area contributed by atoms with Crippen molar-refractivity contribution in [1.29, 1.82) is 0 Å². The minimum Gasteiger partial charge on any atom is -0.465 e. The fourth-order valence-electron chi connectivity index (χ4n) is 3.40. The van der Waals surface area contributed by atoms with E-state index in [1.54, 1.807) is 17.7 Å². The molecule has 0 spiro atoms. The van der Waals surface area contributed by atoms with E-state index in [4.69, 9.17) is 15.9 Å². The van der Waals surface area contributed by atoms with E-state index in [1.165, 1.54) is 0 Å². The first-order chi connectivity index (χ1) is 14.4. The molecule has 4 rings (SSSR count). The van der Waals surface area contributed by atoms with Gasteiger partial charge < -0.3 is 16.2 Å². The maximum absolute atomic E-state index is 10.9. The zero-order valence-corrected chi connectivity index (χ0v) is 16.7. The molecule has 30 heavy (non-hydrogen) atoms. The van der Waals surface area contributed by atoms with Crippen molar-refractivity contribution in [2.45, 2.75) is 26.4 Å². The molecule has 0 aliphatic rings. The van der Waals surface area contributed by atoms with Crippen molar-refractivity contribution in [3.8, 4) is 17.1 Å². The summed E-state index contributed by atoms with van der Waals surface area (Å²) in [6, 6.07) is 14.9. The van der Waals surface area contributed by atoms with Crippen LogP contribution < -0.4 is 11.1 Å². The molecule has 4 N–H and O–H groups in total. The van der Waals surface area contributed by atoms with Gasteiger partial charge in [0.15, 0.2) is 5.82 Å². The lowest BCUT2D eigenvalue weighted by atomic mass is 10.0. The average molecular weight is 402 g/mol. The van der Waals surface area contributed by atoms with Crippen LogP contribution >= 0.6 is 0 Å². The topological polar surface area (TPSA) is 119 Å². The predicted octanol–water partition coefficient (Wildman–Crippen LogP) is 3.58. The van der Waals surface area contributed by atoms with Crippen LogP contribution in [-0.4, -0.2) is 30.9 Å². The van der Waals surface area contributed by atoms with Crippen LogP contribution in [0.4, 0.5) is 4.79 Å². The van der Waals surface area contributed by atoms with Gasteiger partial charge in [-0.3, -0.25) is 4.98 Å². The van der Waals surface area contributed by atoms with Crippen molar-refractivity contribution in [2.75, 3.05) is 0 Å². The molecule has 0 aliphatic heterocycles. The zero-order valence-electron chi connectivity index (χ0n) is 16.7. The van der Waals surface area contributed by atoms with E-state index in [0.29, 0.717) is 12.2 Å². The molecule has 0 saturated carbocycles. The lowest BCUT2D eigenvalue weighted by Gasteiger charge is -2.12. The van der Waals surface area contributed by atoms with Gasteiger partial charge in [-0.2, -0.15) is 5.10 Å². The Hall–Kier alpha value is -3.78. The molecule has 0 radical (unpaired) electrons. The number of hydrogen-bond donors (Lipinski definition) is 3. The maximum Gasteiger partial charge on any atom is 0.405 e. The standard InChI is InChI=1S/C22H22N6O2/c1-13-5-3-8-21(24-13)28-12-17-16(11-23)9-15(10-20(17)27-28)19-7-4-6-18(26-19)14(2)25-22(29)30/h3-10,12,14,25H,11,23H2,1-2H3,(H,29,30). The Morgan fingerprint density at radius 2 is 2.00 bits per heavy atom. The largest absolute Gasteiger partial charge is 0.465 e. The van der Waals surface area contributed by atoms with E-state index < -0.39 is 12.1 Å². The second kappa shape index (κ2) is 7.92. The monoisotopic (exact) mass is 402 g/mol. The van der Waals surface area contributed by atoms with E-state index in [1.807, 2.05) is 55.6 Å². The van der Waals surface area contributed by atoms with Crippen molar-refractivity contribution < 1.29 is 9.90 Å². The molecule has 0 saturated heterocycles. The highest BCUT2D eigenvalue weighted by atomic mass is 16.4. The lowest BCUT2D eigenvalue weighted by Crippen LogP contribution is -2.25. The van der Waals surface area contributed by atoms with Gasteiger partial charge in [-0.15, -0.1) is 0 Å². The van der Waals surface area contributed by atoms with Gasteiger partial charge in [0, 0.05) is 29.4 Å². The summed E-state index contributed by atoms with van der Waals surface area (Å²) in [5, 5.41) is 17.0. The molecule has 3 heterocycles. The van der Waals surface area contributed by atoms with Crippen molar-refractivity contribution >= 4 is 17.0 Å². The second-order valence-electron chi connectivity index (χ2n) is 7.10. The van der Waals surface area contributed by atoms with Crippen molar-refractivity contribution in [2.24, 2.45) is 5.73 Å². The molecule has 1 atom stereocenters. The number of amides is 1. The van der Waals surface area contributed by atoms with Crippen LogP contribution in [0, 0.1) is 6.92 Å². The van der Waals surface area contributed by atoms with Gasteiger partial charge in [-0.05, 0) is 55.8 Å². The number of fused-ring (bicyclic) bond motifs is 1. The highest BCUT2D eigenvalue weighted by molar-refractivity contribution is 5.87. The molecule has 0 bridgehead atoms. The zero-order chi connectivity index (χ0) is 21.3. The molecule has 1 unspecified atom stereocenters. The Morgan fingerprint density at radius 1 is 1.20 bits per heavy atom. The molecule has 152 valence electrons. The fourth-order valence-corrected chi connectivity index (χ4v) is 3.40. The molecule has 0 fully saturated rings. The van der Waals surface area contributed by atoms with Crippen molar-refractivity contribution in [1.82, 2.24) is 25.1 Å². The third-order valence-electron chi connectivity index (χ3n) is 4.89. The molecular formula is C22H22N6O2. The van der Waals surface area contributed by atoms with Crippen molar-refractivity contribution in [3.05, 3.63) is 71.7 Å². The van der Waals surface area contributed by atoms with E-state index in [0.717, 1.165) is 39.2 Å². The van der Waals surface area contributed by atoms with Gasteiger partial charge in [0.05, 0.1) is 22.9 Å². The van der Waals surface area contributed by atoms with E-state index in [2.05, 4.69) is 15.3 Å². The molecule has 1 aromatic carbocycles. The first-order valence-electron chi connectivity index (χ1n) is 9.58. The van der Waals surface area contributed by atoms with Crippen LogP contribution in [0.25, 0.3) is 28.0 Å². The summed E-state index contributed by atoms with van der Waals surface area (Å²) in [5.41, 5.74) is 10.9. The molecule has 8 heteroatoms. The van der Waals surface area contributed by atoms with Gasteiger partial charge in [0.1, 0.15) is 0 Å². The summed E-state index contributed by atoms with van der Waals surface area (Å²) in [6.45, 7) is 4.05. The first kappa shape index (κ1) is 19.5. The minimum atomic E-state index is -1.09. The molecule has 0 aliphatic carbocycles. The SMILES string of the molecule is Cc1cccc(-n2cc3c(CN)cc(-c4cccc(C(C)NC(=O)O)n4)cc3n2)n1. The smallest absolute Gasteiger partial charge is 0.405 e. The Morgan fingerprint density at radius 3 is 2.73 bits per heavy atom. The van der Waals surface area contributed by atoms with Gasteiger partial charge >= 0.3 is 6.09 Å². The quantitative estimate of drug-likeness (QED) is 0.469. The lowest BCUT2D eigenvalue weighted by molar-refractivity contribution is 0.190. The maximum atomic E-state index is 10.9. The van der Waals surface area contributed by atoms with Gasteiger partial charge in [-0.1, -0.05) is 12.1 Å². The normalized spacial score (nSPS) is 12.1. The third-order valence-corrected chi connectivity index (χ3v) is 4.89. The number of nitrogens with one attached hydrogen (secondary N) is 1. The Labute approximate surface area is 173 Å². The Balaban J connectivity index is 1.78. The van der Waals surface area contributed by atoms with E-state index in [9.17, 15) is 4.79 Å². The molecule has 8 nitrogen and oxygen atoms in total. The summed E-state index contributed by atoms with van der Waals surface area (Å²) >= 11 is 0. The Bertz CT molecular complexity index is 1230. The Kier molecular flexibility index (Phi) is 5.16. The van der Waals surface area contributed by atoms with Crippen LogP contribution in [0.3, 0.4) is 0 Å². The van der Waals surface area contributed by atoms with Crippen LogP contribution in [0.2, 0.25) is 0 Å². The van der Waals surface area contributed by atoms with Crippen LogP contribution in [-0.2, 0) is 6.54 Å². The summed E-state index contributed by atoms with van der Waals surface area (Å²) in [4.78, 5) is 20.1. The molecular weight excluding hydrogens is 380 g/mol. The number of aryl methyl sites for hydroxylation is 1. The summed E-state index contributed by atoms with van der Waals surface area (Å²) in [7, 11) is 0. The van der Waals surface area contributed by atoms with Gasteiger partial charge in [-0.25, -0.2) is 14.5 Å². The number of benzene rings is 1. The highest BCUT2D eigenvalue weighted by Crippen LogP contribution is 2.27. The second-order valence-corrected chi connectivity index (χ2v) is 7.10. The highest BCUT2D eigenvalue weighted by Gasteiger charge is 2.14. The number of aromatic nitrogens is 4. The molecule has 1 amide bonds. The number of carboxylic acid groups (broad SMARTS) is 1. The summed E-state index contributed by atoms with van der Waals surface area (Å²) in [5.74, 6) is 0.740. The predicted molar refractivity (Wildman–Crippen MR) is 114 cm³/mol. The number of pyridine rings is 2. The summed E-state index contributed by atoms with van der Waals surface area (Å²) in [6.07, 6.45) is 0.850. The first-order valence-corrected chi connectivity index (χ1v) is 9.58.